The van der Waals surface area contributed by atoms with Crippen LogP contribution in [0.25, 0.3) is 11.3 Å². The molecule has 1 aromatic heterocycles. The molecular weight excluding hydrogens is 428 g/mol. The van der Waals surface area contributed by atoms with Crippen molar-refractivity contribution >= 4 is 18.0 Å². The zero-order valence-corrected chi connectivity index (χ0v) is 17.4. The number of carbonyl (C=O) groups excluding carboxylic acids is 2. The van der Waals surface area contributed by atoms with Gasteiger partial charge < -0.3 is 5.11 Å². The summed E-state index contributed by atoms with van der Waals surface area (Å²) in [6, 6.07) is 20.8. The Morgan fingerprint density at radius 3 is 2.00 bits per heavy atom. The smallest absolute Gasteiger partial charge is 0.368 e. The summed E-state index contributed by atoms with van der Waals surface area (Å²) in [6.07, 6.45) is -0.167. The Morgan fingerprint density at radius 1 is 1.00 bits per heavy atom. The van der Waals surface area contributed by atoms with E-state index in [1.54, 1.807) is 48.5 Å². The highest BCUT2D eigenvalue weighted by Gasteiger charge is 2.00. The predicted molar refractivity (Wildman–Crippen MR) is 118 cm³/mol. The molecule has 0 aliphatic carbocycles. The number of nitrogens with zero attached hydrogens (tertiary/aromatic N) is 3. The number of hydrazine groups is 1. The second-order valence-corrected chi connectivity index (χ2v) is 5.70. The van der Waals surface area contributed by atoms with Crippen molar-refractivity contribution < 1.29 is 19.5 Å². The number of carbonyl (C=O) groups is 3. The van der Waals surface area contributed by atoms with E-state index in [2.05, 4.69) is 21.9 Å². The minimum absolute atomic E-state index is 0.0119. The summed E-state index contributed by atoms with van der Waals surface area (Å²) in [6.45, 7) is 1.48. The van der Waals surface area contributed by atoms with Gasteiger partial charge in [-0.2, -0.15) is 15.6 Å². The van der Waals surface area contributed by atoms with Crippen molar-refractivity contribution in [2.75, 3.05) is 0 Å². The highest BCUT2D eigenvalue weighted by Crippen LogP contribution is 2.15. The number of rotatable bonds is 3. The number of aromatic amines is 1. The fourth-order valence-corrected chi connectivity index (χ4v) is 2.06. The topological polar surface area (TPSA) is 217 Å². The number of aromatic nitrogens is 2. The van der Waals surface area contributed by atoms with Gasteiger partial charge in [-0.25, -0.2) is 9.89 Å². The molecule has 11 nitrogen and oxygen atoms in total. The van der Waals surface area contributed by atoms with E-state index in [-0.39, 0.29) is 17.6 Å². The molecule has 0 fully saturated rings. The molecule has 11 heteroatoms. The second-order valence-electron chi connectivity index (χ2n) is 5.70. The lowest BCUT2D eigenvalue weighted by Crippen LogP contribution is -2.05. The molecule has 6 N–H and O–H groups in total. The summed E-state index contributed by atoms with van der Waals surface area (Å²) in [4.78, 5) is 39.5. The Balaban J connectivity index is 0.000000500. The predicted octanol–water partition coefficient (Wildman–Crippen LogP) is 1.16. The van der Waals surface area contributed by atoms with Crippen molar-refractivity contribution in [1.82, 2.24) is 10.2 Å². The van der Waals surface area contributed by atoms with Crippen LogP contribution in [0, 0.1) is 22.7 Å². The number of carboxylic acid groups (broad SMARTS) is 1. The summed E-state index contributed by atoms with van der Waals surface area (Å²) in [5, 5.41) is 30.8. The number of hydrogen-bond acceptors (Lipinski definition) is 9. The first-order chi connectivity index (χ1) is 15.8. The minimum Gasteiger partial charge on any atom is -0.476 e. The number of carboxylic acids is 1. The van der Waals surface area contributed by atoms with Crippen LogP contribution in [-0.2, 0) is 9.59 Å². The zero-order valence-electron chi connectivity index (χ0n) is 17.4. The van der Waals surface area contributed by atoms with Crippen molar-refractivity contribution in [3.8, 4) is 23.4 Å². The van der Waals surface area contributed by atoms with E-state index in [4.69, 9.17) is 25.2 Å². The van der Waals surface area contributed by atoms with Gasteiger partial charge in [-0.3, -0.25) is 26.1 Å². The average Bonchev–Trinajstić information content (AvgIpc) is 2.86. The van der Waals surface area contributed by atoms with Gasteiger partial charge in [0.1, 0.15) is 0 Å². The number of ketones is 1. The zero-order chi connectivity index (χ0) is 25.2. The second kappa shape index (κ2) is 15.8. The molecule has 0 bridgehead atoms. The summed E-state index contributed by atoms with van der Waals surface area (Å²) < 4.78 is 0. The van der Waals surface area contributed by atoms with Gasteiger partial charge >= 0.3 is 5.97 Å². The molecule has 0 aliphatic heterocycles. The molecular formula is C22H20N6O5. The lowest BCUT2D eigenvalue weighted by molar-refractivity contribution is -0.143. The van der Waals surface area contributed by atoms with E-state index in [0.29, 0.717) is 22.4 Å². The number of benzene rings is 2. The molecule has 0 atom stereocenters. The standard InChI is InChI=1S/C11H7N3O.C9H7NO.C2H2O3.H4N2/c12-7-8-2-1-3-9(6-8)10-4-5-11(15)14-13-10;1-7(11)9-4-2-3-8(5-9)6-10;3-1-2(4)5;1-2/h1-6H,(H,14,15);2-5H,1H3;1H,(H,4,5);1-2H2. The van der Waals surface area contributed by atoms with Crippen LogP contribution < -0.4 is 17.2 Å². The Labute approximate surface area is 188 Å². The van der Waals surface area contributed by atoms with Gasteiger partial charge in [-0.05, 0) is 37.3 Å². The third kappa shape index (κ3) is 11.1. The first-order valence-corrected chi connectivity index (χ1v) is 8.89. The van der Waals surface area contributed by atoms with Crippen molar-refractivity contribution in [3.63, 3.8) is 0 Å². The maximum absolute atomic E-state index is 10.8. The molecule has 0 radical (unpaired) electrons. The first kappa shape index (κ1) is 28.0. The van der Waals surface area contributed by atoms with E-state index < -0.39 is 5.97 Å². The average molecular weight is 448 g/mol. The van der Waals surface area contributed by atoms with Gasteiger partial charge in [0, 0.05) is 17.2 Å². The molecule has 168 valence electrons. The van der Waals surface area contributed by atoms with Crippen LogP contribution in [0.2, 0.25) is 0 Å². The lowest BCUT2D eigenvalue weighted by Gasteiger charge is -1.98. The number of aliphatic carboxylic acids is 1. The largest absolute Gasteiger partial charge is 0.476 e. The highest BCUT2D eigenvalue weighted by atomic mass is 16.4. The molecule has 3 aromatic rings. The van der Waals surface area contributed by atoms with Crippen molar-refractivity contribution in [1.29, 1.82) is 10.5 Å². The molecule has 2 aromatic carbocycles. The number of Topliss-reactive ketones (excluding diaryl/α,β-unsaturated/α-hetero) is 1. The van der Waals surface area contributed by atoms with Gasteiger partial charge in [0.25, 0.3) is 5.56 Å². The number of nitrogens with one attached hydrogen (secondary N) is 1. The Kier molecular flexibility index (Phi) is 13.4. The van der Waals surface area contributed by atoms with E-state index in [0.717, 1.165) is 5.56 Å². The minimum atomic E-state index is -1.43. The van der Waals surface area contributed by atoms with Crippen LogP contribution in [0.4, 0.5) is 0 Å². The van der Waals surface area contributed by atoms with Gasteiger partial charge in [0.15, 0.2) is 5.78 Å². The Bertz CT molecular complexity index is 1200. The molecule has 1 heterocycles. The number of nitriles is 2. The molecule has 0 unspecified atom stereocenters. The highest BCUT2D eigenvalue weighted by molar-refractivity contribution is 6.19. The fraction of sp³-hybridized carbons (Fsp3) is 0.0455. The molecule has 0 spiro atoms. The number of aldehydes is 1. The van der Waals surface area contributed by atoms with Crippen LogP contribution in [-0.4, -0.2) is 33.3 Å². The maximum atomic E-state index is 10.8. The summed E-state index contributed by atoms with van der Waals surface area (Å²) in [5.74, 6) is 6.56. The number of H-pyrrole nitrogens is 1. The summed E-state index contributed by atoms with van der Waals surface area (Å²) in [7, 11) is 0. The van der Waals surface area contributed by atoms with E-state index in [9.17, 15) is 9.59 Å². The lowest BCUT2D eigenvalue weighted by atomic mass is 10.1. The van der Waals surface area contributed by atoms with E-state index >= 15 is 0 Å². The SMILES string of the molecule is CC(=O)c1cccc(C#N)c1.N#Cc1cccc(-c2ccc(=O)[nH]n2)c1.NN.O=CC(=O)O. The Hall–Kier alpha value is -4.97. The third-order valence-electron chi connectivity index (χ3n) is 3.47. The van der Waals surface area contributed by atoms with Crippen LogP contribution in [0.1, 0.15) is 28.4 Å². The van der Waals surface area contributed by atoms with Crippen LogP contribution in [0.3, 0.4) is 0 Å². The number of hydrogen-bond donors (Lipinski definition) is 4. The van der Waals surface area contributed by atoms with E-state index in [1.165, 1.54) is 13.0 Å². The van der Waals surface area contributed by atoms with Crippen molar-refractivity contribution in [2.24, 2.45) is 11.7 Å². The normalized spacial score (nSPS) is 8.39. The van der Waals surface area contributed by atoms with Gasteiger partial charge in [-0.1, -0.05) is 24.3 Å². The quantitative estimate of drug-likeness (QED) is 0.147. The summed E-state index contributed by atoms with van der Waals surface area (Å²) >= 11 is 0. The molecule has 33 heavy (non-hydrogen) atoms. The van der Waals surface area contributed by atoms with Crippen LogP contribution in [0.5, 0.6) is 0 Å². The fourth-order valence-electron chi connectivity index (χ4n) is 2.06. The Morgan fingerprint density at radius 2 is 1.55 bits per heavy atom. The van der Waals surface area contributed by atoms with Gasteiger partial charge in [0.2, 0.25) is 6.29 Å². The molecule has 0 aliphatic rings. The first-order valence-electron chi connectivity index (χ1n) is 8.89. The molecule has 0 amide bonds. The summed E-state index contributed by atoms with van der Waals surface area (Å²) in [5.41, 5.74) is 2.90. The molecule has 0 saturated heterocycles. The third-order valence-corrected chi connectivity index (χ3v) is 3.47. The molecule has 3 rings (SSSR count). The maximum Gasteiger partial charge on any atom is 0.368 e. The van der Waals surface area contributed by atoms with Crippen molar-refractivity contribution in [3.05, 3.63) is 87.7 Å². The van der Waals surface area contributed by atoms with Gasteiger partial charge in [-0.15, -0.1) is 0 Å². The van der Waals surface area contributed by atoms with Crippen LogP contribution in [0.15, 0.2) is 65.5 Å². The van der Waals surface area contributed by atoms with E-state index in [1.807, 2.05) is 18.2 Å². The monoisotopic (exact) mass is 448 g/mol. The van der Waals surface area contributed by atoms with Crippen molar-refractivity contribution in [2.45, 2.75) is 6.92 Å². The van der Waals surface area contributed by atoms with Crippen LogP contribution >= 0.6 is 0 Å². The number of nitrogens with two attached hydrogens (primary N) is 2. The molecule has 0 saturated carbocycles. The van der Waals surface area contributed by atoms with Gasteiger partial charge in [0.05, 0.1) is 29.0 Å².